The summed E-state index contributed by atoms with van der Waals surface area (Å²) in [6.45, 7) is 0.603. The van der Waals surface area contributed by atoms with Crippen LogP contribution in [0.2, 0.25) is 0 Å². The largest absolute Gasteiger partial charge is 0.505 e. The maximum Gasteiger partial charge on any atom is 0.150 e. The third-order valence-corrected chi connectivity index (χ3v) is 4.08. The Kier molecular flexibility index (Phi) is 4.22. The Morgan fingerprint density at radius 1 is 1.00 bits per heavy atom. The summed E-state index contributed by atoms with van der Waals surface area (Å²) in [7, 11) is 0. The van der Waals surface area contributed by atoms with Crippen molar-refractivity contribution in [2.24, 2.45) is 0 Å². The Balaban J connectivity index is 1.86. The number of hydrogen-bond donors (Lipinski definition) is 1. The van der Waals surface area contributed by atoms with Gasteiger partial charge in [-0.1, -0.05) is 48.6 Å². The van der Waals surface area contributed by atoms with Gasteiger partial charge < -0.3 is 9.67 Å². The van der Waals surface area contributed by atoms with Gasteiger partial charge in [0.1, 0.15) is 10.4 Å². The highest BCUT2D eigenvalue weighted by Gasteiger charge is 2.02. The number of pyridine rings is 1. The minimum atomic E-state index is 0.118. The predicted octanol–water partition coefficient (Wildman–Crippen LogP) is 4.51. The highest BCUT2D eigenvalue weighted by Crippen LogP contribution is 2.21. The van der Waals surface area contributed by atoms with Crippen LogP contribution in [0.3, 0.4) is 0 Å². The van der Waals surface area contributed by atoms with Gasteiger partial charge in [-0.3, -0.25) is 0 Å². The second-order valence-electron chi connectivity index (χ2n) is 5.22. The zero-order chi connectivity index (χ0) is 16.2. The first-order valence-electron chi connectivity index (χ1n) is 7.15. The maximum atomic E-state index is 9.67. The molecule has 0 atom stereocenters. The van der Waals surface area contributed by atoms with Crippen LogP contribution in [0.15, 0.2) is 66.9 Å². The molecule has 0 saturated heterocycles. The molecule has 0 radical (unpaired) electrons. The van der Waals surface area contributed by atoms with Crippen LogP contribution in [0.5, 0.6) is 5.75 Å². The molecule has 1 aromatic heterocycles. The molecule has 1 N–H and O–H groups in total. The third-order valence-electron chi connectivity index (χ3n) is 3.63. The Bertz CT molecular complexity index is 937. The number of aromatic nitrogens is 1. The highest BCUT2D eigenvalue weighted by atomic mass is 32.1. The van der Waals surface area contributed by atoms with Crippen molar-refractivity contribution in [3.8, 4) is 22.9 Å². The van der Waals surface area contributed by atoms with E-state index in [0.717, 1.165) is 16.7 Å². The number of rotatable bonds is 3. The molecule has 0 aliphatic heterocycles. The van der Waals surface area contributed by atoms with Crippen molar-refractivity contribution in [2.45, 2.75) is 6.54 Å². The molecule has 0 fully saturated rings. The summed E-state index contributed by atoms with van der Waals surface area (Å²) in [5.41, 5.74) is 3.82. The molecule has 23 heavy (non-hydrogen) atoms. The molecule has 3 rings (SSSR count). The number of hydrogen-bond acceptors (Lipinski definition) is 3. The van der Waals surface area contributed by atoms with Crippen LogP contribution < -0.4 is 0 Å². The molecule has 0 amide bonds. The minimum Gasteiger partial charge on any atom is -0.505 e. The normalized spacial score (nSPS) is 10.2. The summed E-state index contributed by atoms with van der Waals surface area (Å²) in [6, 6.07) is 21.2. The fourth-order valence-corrected chi connectivity index (χ4v) is 2.61. The van der Waals surface area contributed by atoms with E-state index in [1.807, 2.05) is 53.2 Å². The molecule has 0 bridgehead atoms. The zero-order valence-electron chi connectivity index (χ0n) is 12.3. The molecule has 0 aliphatic rings. The minimum absolute atomic E-state index is 0.118. The van der Waals surface area contributed by atoms with Crippen molar-refractivity contribution >= 4 is 12.2 Å². The van der Waals surface area contributed by atoms with Gasteiger partial charge in [-0.15, -0.1) is 0 Å². The van der Waals surface area contributed by atoms with Crippen LogP contribution in [0, 0.1) is 16.0 Å². The molecule has 0 unspecified atom stereocenters. The van der Waals surface area contributed by atoms with Crippen molar-refractivity contribution in [3.05, 3.63) is 82.6 Å². The van der Waals surface area contributed by atoms with E-state index in [1.165, 1.54) is 0 Å². The first-order chi connectivity index (χ1) is 11.2. The van der Waals surface area contributed by atoms with Crippen molar-refractivity contribution < 1.29 is 5.11 Å². The van der Waals surface area contributed by atoms with Crippen LogP contribution in [0.1, 0.15) is 11.1 Å². The van der Waals surface area contributed by atoms with E-state index in [0.29, 0.717) is 16.7 Å². The third kappa shape index (κ3) is 3.31. The lowest BCUT2D eigenvalue weighted by molar-refractivity contribution is 0.464. The standard InChI is InChI=1S/C19H14N2OS/c20-12-15-3-1-4-17(11-15)16-8-6-14(7-9-16)13-21-10-2-5-18(22)19(21)23/h1-11,22H,13H2. The van der Waals surface area contributed by atoms with Gasteiger partial charge in [0.25, 0.3) is 0 Å². The SMILES string of the molecule is N#Cc1cccc(-c2ccc(Cn3cccc(O)c3=S)cc2)c1. The van der Waals surface area contributed by atoms with Gasteiger partial charge in [0, 0.05) is 12.7 Å². The van der Waals surface area contributed by atoms with Crippen LogP contribution >= 0.6 is 12.2 Å². The quantitative estimate of drug-likeness (QED) is 0.723. The molecule has 3 nitrogen and oxygen atoms in total. The molecular weight excluding hydrogens is 304 g/mol. The number of aromatic hydroxyl groups is 1. The zero-order valence-corrected chi connectivity index (χ0v) is 13.1. The molecule has 2 aromatic carbocycles. The topological polar surface area (TPSA) is 49.0 Å². The van der Waals surface area contributed by atoms with Gasteiger partial charge >= 0.3 is 0 Å². The average Bonchev–Trinajstić information content (AvgIpc) is 2.60. The Morgan fingerprint density at radius 3 is 2.52 bits per heavy atom. The summed E-state index contributed by atoms with van der Waals surface area (Å²) < 4.78 is 2.26. The van der Waals surface area contributed by atoms with Gasteiger partial charge in [0.15, 0.2) is 0 Å². The number of nitriles is 1. The van der Waals surface area contributed by atoms with E-state index >= 15 is 0 Å². The lowest BCUT2D eigenvalue weighted by Crippen LogP contribution is -2.01. The summed E-state index contributed by atoms with van der Waals surface area (Å²) in [4.78, 5) is 0. The number of benzene rings is 2. The van der Waals surface area contributed by atoms with E-state index in [-0.39, 0.29) is 5.75 Å². The van der Waals surface area contributed by atoms with Crippen LogP contribution in [0.25, 0.3) is 11.1 Å². The maximum absolute atomic E-state index is 9.67. The lowest BCUT2D eigenvalue weighted by Gasteiger charge is -2.09. The van der Waals surface area contributed by atoms with Gasteiger partial charge in [-0.2, -0.15) is 5.26 Å². The molecule has 112 valence electrons. The first-order valence-corrected chi connectivity index (χ1v) is 7.56. The van der Waals surface area contributed by atoms with Crippen molar-refractivity contribution in [1.29, 1.82) is 5.26 Å². The summed E-state index contributed by atoms with van der Waals surface area (Å²) in [5, 5.41) is 18.7. The van der Waals surface area contributed by atoms with Gasteiger partial charge in [-0.05, 0) is 41.0 Å². The molecule has 0 saturated carbocycles. The van der Waals surface area contributed by atoms with Crippen molar-refractivity contribution in [2.75, 3.05) is 0 Å². The lowest BCUT2D eigenvalue weighted by atomic mass is 10.0. The number of nitrogens with zero attached hydrogens (tertiary/aromatic N) is 2. The fraction of sp³-hybridized carbons (Fsp3) is 0.0526. The van der Waals surface area contributed by atoms with Crippen LogP contribution in [0.4, 0.5) is 0 Å². The van der Waals surface area contributed by atoms with Gasteiger partial charge in [0.2, 0.25) is 0 Å². The first kappa shape index (κ1) is 15.0. The summed E-state index contributed by atoms with van der Waals surface area (Å²) in [5.74, 6) is 0.118. The second kappa shape index (κ2) is 6.47. The van der Waals surface area contributed by atoms with E-state index < -0.39 is 0 Å². The Morgan fingerprint density at radius 2 is 1.78 bits per heavy atom. The van der Waals surface area contributed by atoms with E-state index in [4.69, 9.17) is 17.5 Å². The van der Waals surface area contributed by atoms with Crippen LogP contribution in [-0.4, -0.2) is 9.67 Å². The fourth-order valence-electron chi connectivity index (χ4n) is 2.42. The van der Waals surface area contributed by atoms with E-state index in [1.54, 1.807) is 18.2 Å². The van der Waals surface area contributed by atoms with Crippen LogP contribution in [-0.2, 0) is 6.54 Å². The summed E-state index contributed by atoms with van der Waals surface area (Å²) >= 11 is 5.20. The molecular formula is C19H14N2OS. The van der Waals surface area contributed by atoms with Gasteiger partial charge in [-0.25, -0.2) is 0 Å². The molecule has 3 aromatic rings. The highest BCUT2D eigenvalue weighted by molar-refractivity contribution is 7.71. The monoisotopic (exact) mass is 318 g/mol. The molecule has 4 heteroatoms. The Hall–Kier alpha value is -2.90. The molecule has 1 heterocycles. The molecule has 0 aliphatic carbocycles. The predicted molar refractivity (Wildman–Crippen MR) is 92.6 cm³/mol. The van der Waals surface area contributed by atoms with E-state index in [2.05, 4.69) is 6.07 Å². The van der Waals surface area contributed by atoms with E-state index in [9.17, 15) is 5.11 Å². The molecule has 0 spiro atoms. The summed E-state index contributed by atoms with van der Waals surface area (Å²) in [6.07, 6.45) is 1.85. The average molecular weight is 318 g/mol. The smallest absolute Gasteiger partial charge is 0.150 e. The Labute approximate surface area is 139 Å². The van der Waals surface area contributed by atoms with Crippen molar-refractivity contribution in [3.63, 3.8) is 0 Å². The van der Waals surface area contributed by atoms with Gasteiger partial charge in [0.05, 0.1) is 11.6 Å². The van der Waals surface area contributed by atoms with Crippen molar-refractivity contribution in [1.82, 2.24) is 4.57 Å². The second-order valence-corrected chi connectivity index (χ2v) is 5.60.